The first kappa shape index (κ1) is 17.3. The van der Waals surface area contributed by atoms with Crippen molar-refractivity contribution in [3.63, 3.8) is 0 Å². The molecule has 0 spiro atoms. The highest BCUT2D eigenvalue weighted by atomic mass is 14.6. The van der Waals surface area contributed by atoms with E-state index in [0.29, 0.717) is 11.8 Å². The Kier molecular flexibility index (Phi) is 3.85. The molecule has 4 aromatic carbocycles. The maximum Gasteiger partial charge on any atom is -0.00469 e. The lowest BCUT2D eigenvalue weighted by Crippen LogP contribution is -2.30. The van der Waals surface area contributed by atoms with E-state index in [1.165, 1.54) is 28.0 Å². The van der Waals surface area contributed by atoms with Gasteiger partial charge in [0.1, 0.15) is 0 Å². The number of rotatable bonds is 2. The van der Waals surface area contributed by atoms with Crippen LogP contribution in [0.5, 0.6) is 0 Å². The molecule has 2 aliphatic carbocycles. The molecule has 0 radical (unpaired) electrons. The molecule has 2 aliphatic rings. The highest BCUT2D eigenvalue weighted by Crippen LogP contribution is 2.66. The van der Waals surface area contributed by atoms with Gasteiger partial charge in [-0.3, -0.25) is 0 Å². The minimum absolute atomic E-state index is 0.601. The van der Waals surface area contributed by atoms with Crippen LogP contribution in [0.4, 0.5) is 0 Å². The molecule has 6 atom stereocenters. The molecule has 2 fully saturated rings. The molecule has 6 rings (SSSR count). The van der Waals surface area contributed by atoms with Gasteiger partial charge in [-0.05, 0) is 80.7 Å². The second-order valence-corrected chi connectivity index (χ2v) is 9.48. The number of benzene rings is 4. The molecule has 0 N–H and O–H groups in total. The highest BCUT2D eigenvalue weighted by Gasteiger charge is 2.55. The normalized spacial score (nSPS) is 31.0. The first-order valence-electron chi connectivity index (χ1n) is 11.2. The summed E-state index contributed by atoms with van der Waals surface area (Å²) in [7, 11) is 0. The van der Waals surface area contributed by atoms with Gasteiger partial charge >= 0.3 is 0 Å². The van der Waals surface area contributed by atoms with Crippen molar-refractivity contribution in [2.45, 2.75) is 32.1 Å². The van der Waals surface area contributed by atoms with Crippen molar-refractivity contribution in [2.24, 2.45) is 23.7 Å². The molecule has 0 heteroatoms. The van der Waals surface area contributed by atoms with Gasteiger partial charge in [0.15, 0.2) is 0 Å². The molecule has 0 heterocycles. The molecular weight excluding hydrogens is 348 g/mol. The van der Waals surface area contributed by atoms with Crippen LogP contribution < -0.4 is 0 Å². The predicted molar refractivity (Wildman–Crippen MR) is 123 cm³/mol. The summed E-state index contributed by atoms with van der Waals surface area (Å²) in [5, 5.41) is 5.70. The van der Waals surface area contributed by atoms with E-state index in [2.05, 4.69) is 98.8 Å². The van der Waals surface area contributed by atoms with Crippen LogP contribution in [0, 0.1) is 23.7 Å². The van der Waals surface area contributed by atoms with Crippen LogP contribution >= 0.6 is 0 Å². The maximum atomic E-state index is 2.51. The largest absolute Gasteiger partial charge is 0.0622 e. The minimum Gasteiger partial charge on any atom is -0.0622 e. The summed E-state index contributed by atoms with van der Waals surface area (Å²) in [6.07, 6.45) is 1.38. The van der Waals surface area contributed by atoms with Gasteiger partial charge in [0.05, 0.1) is 0 Å². The van der Waals surface area contributed by atoms with Crippen LogP contribution in [0.2, 0.25) is 0 Å². The van der Waals surface area contributed by atoms with Crippen LogP contribution in [0.1, 0.15) is 43.2 Å². The monoisotopic (exact) mass is 376 g/mol. The number of fused-ring (bicyclic) bond motifs is 4. The molecule has 0 aliphatic heterocycles. The number of hydrogen-bond donors (Lipinski definition) is 0. The Morgan fingerprint density at radius 1 is 0.586 bits per heavy atom. The summed E-state index contributed by atoms with van der Waals surface area (Å²) in [6, 6.07) is 31.9. The van der Waals surface area contributed by atoms with Crippen molar-refractivity contribution in [3.05, 3.63) is 96.1 Å². The Labute approximate surface area is 173 Å². The number of hydrogen-bond acceptors (Lipinski definition) is 0. The molecule has 2 saturated carbocycles. The van der Waals surface area contributed by atoms with Gasteiger partial charge in [-0.2, -0.15) is 0 Å². The highest BCUT2D eigenvalue weighted by molar-refractivity contribution is 6.03. The van der Waals surface area contributed by atoms with E-state index < -0.39 is 0 Å². The summed E-state index contributed by atoms with van der Waals surface area (Å²) < 4.78 is 0. The summed E-state index contributed by atoms with van der Waals surface area (Å²) in [5.74, 6) is 4.39. The van der Waals surface area contributed by atoms with Gasteiger partial charge in [0, 0.05) is 0 Å². The molecular formula is C29H28. The average Bonchev–Trinajstić information content (AvgIpc) is 3.29. The van der Waals surface area contributed by atoms with Crippen molar-refractivity contribution < 1.29 is 0 Å². The standard InChI is InChI=1S/C29H28/c1-18-19(2)26-17-25(18)27(20-10-4-3-5-11-20)29(26)28-23-14-8-6-12-21(23)16-22-13-7-9-15-24(22)28/h3-16,18-19,25-27,29H,17H2,1-2H3. The molecule has 0 amide bonds. The van der Waals surface area contributed by atoms with E-state index in [0.717, 1.165) is 23.7 Å². The van der Waals surface area contributed by atoms with E-state index in [1.54, 1.807) is 11.1 Å². The van der Waals surface area contributed by atoms with E-state index in [-0.39, 0.29) is 0 Å². The van der Waals surface area contributed by atoms with Crippen molar-refractivity contribution in [1.82, 2.24) is 0 Å². The van der Waals surface area contributed by atoms with Crippen LogP contribution in [-0.2, 0) is 0 Å². The average molecular weight is 377 g/mol. The van der Waals surface area contributed by atoms with E-state index in [4.69, 9.17) is 0 Å². The van der Waals surface area contributed by atoms with E-state index in [9.17, 15) is 0 Å². The van der Waals surface area contributed by atoms with Crippen LogP contribution in [0.3, 0.4) is 0 Å². The third-order valence-electron chi connectivity index (χ3n) is 8.36. The first-order valence-corrected chi connectivity index (χ1v) is 11.2. The Hall–Kier alpha value is -2.60. The van der Waals surface area contributed by atoms with Gasteiger partial charge < -0.3 is 0 Å². The lowest BCUT2D eigenvalue weighted by Gasteiger charge is -2.40. The van der Waals surface area contributed by atoms with Gasteiger partial charge in [-0.25, -0.2) is 0 Å². The fourth-order valence-corrected chi connectivity index (χ4v) is 6.93. The maximum absolute atomic E-state index is 2.51. The molecule has 0 aromatic heterocycles. The molecule has 29 heavy (non-hydrogen) atoms. The SMILES string of the molecule is CC1C(C)C2CC1C(c1ccccc1)C2c1c2ccccc2cc2ccccc12. The zero-order valence-electron chi connectivity index (χ0n) is 17.3. The summed E-state index contributed by atoms with van der Waals surface area (Å²) >= 11 is 0. The van der Waals surface area contributed by atoms with Gasteiger partial charge in [0.25, 0.3) is 0 Å². The van der Waals surface area contributed by atoms with Gasteiger partial charge in [-0.1, -0.05) is 92.7 Å². The van der Waals surface area contributed by atoms with Gasteiger partial charge in [0.2, 0.25) is 0 Å². The quantitative estimate of drug-likeness (QED) is 0.313. The molecule has 4 aromatic rings. The Bertz CT molecular complexity index is 1130. The second-order valence-electron chi connectivity index (χ2n) is 9.48. The summed E-state index contributed by atoms with van der Waals surface area (Å²) in [5.41, 5.74) is 3.15. The van der Waals surface area contributed by atoms with E-state index >= 15 is 0 Å². The molecule has 0 saturated heterocycles. The third-order valence-corrected chi connectivity index (χ3v) is 8.36. The predicted octanol–water partition coefficient (Wildman–Crippen LogP) is 7.78. The fourth-order valence-electron chi connectivity index (χ4n) is 6.93. The molecule has 144 valence electrons. The lowest BCUT2D eigenvalue weighted by atomic mass is 9.64. The zero-order chi connectivity index (χ0) is 19.5. The molecule has 0 nitrogen and oxygen atoms in total. The fraction of sp³-hybridized carbons (Fsp3) is 0.310. The zero-order valence-corrected chi connectivity index (χ0v) is 17.3. The Morgan fingerprint density at radius 3 is 1.72 bits per heavy atom. The van der Waals surface area contributed by atoms with Crippen molar-refractivity contribution in [3.8, 4) is 0 Å². The van der Waals surface area contributed by atoms with Crippen LogP contribution in [0.25, 0.3) is 21.5 Å². The lowest BCUT2D eigenvalue weighted by molar-refractivity contribution is 0.206. The van der Waals surface area contributed by atoms with Gasteiger partial charge in [-0.15, -0.1) is 0 Å². The smallest absolute Gasteiger partial charge is 0.00469 e. The summed E-state index contributed by atoms with van der Waals surface area (Å²) in [4.78, 5) is 0. The molecule has 2 bridgehead atoms. The van der Waals surface area contributed by atoms with Crippen LogP contribution in [-0.4, -0.2) is 0 Å². The topological polar surface area (TPSA) is 0 Å². The summed E-state index contributed by atoms with van der Waals surface area (Å²) in [6.45, 7) is 5.01. The minimum atomic E-state index is 0.601. The Morgan fingerprint density at radius 2 is 1.10 bits per heavy atom. The first-order chi connectivity index (χ1) is 14.2. The van der Waals surface area contributed by atoms with E-state index in [1.807, 2.05) is 0 Å². The van der Waals surface area contributed by atoms with Crippen molar-refractivity contribution in [2.75, 3.05) is 0 Å². The van der Waals surface area contributed by atoms with Crippen molar-refractivity contribution in [1.29, 1.82) is 0 Å². The third kappa shape index (κ3) is 2.45. The molecule has 6 unspecified atom stereocenters. The van der Waals surface area contributed by atoms with Crippen molar-refractivity contribution >= 4 is 21.5 Å². The Balaban J connectivity index is 1.66. The second kappa shape index (κ2) is 6.46. The van der Waals surface area contributed by atoms with Crippen LogP contribution in [0.15, 0.2) is 84.9 Å².